The maximum Gasteiger partial charge on any atom is 0.250 e. The van der Waals surface area contributed by atoms with Gasteiger partial charge in [-0.3, -0.25) is 14.4 Å². The third-order valence-corrected chi connectivity index (χ3v) is 7.23. The van der Waals surface area contributed by atoms with E-state index in [4.69, 9.17) is 4.74 Å². The van der Waals surface area contributed by atoms with E-state index in [9.17, 15) is 14.4 Å². The normalized spacial score (nSPS) is 16.9. The lowest BCUT2D eigenvalue weighted by Gasteiger charge is -2.43. The number of anilines is 1. The van der Waals surface area contributed by atoms with Gasteiger partial charge in [-0.1, -0.05) is 43.7 Å². The molecule has 0 aliphatic carbocycles. The van der Waals surface area contributed by atoms with Crippen LogP contribution >= 0.6 is 0 Å². The molecule has 2 fully saturated rings. The molecule has 2 heterocycles. The molecule has 0 saturated carbocycles. The van der Waals surface area contributed by atoms with Crippen LogP contribution in [0.2, 0.25) is 0 Å². The van der Waals surface area contributed by atoms with Crippen molar-refractivity contribution in [3.63, 3.8) is 0 Å². The van der Waals surface area contributed by atoms with Crippen molar-refractivity contribution in [1.29, 1.82) is 0 Å². The van der Waals surface area contributed by atoms with Crippen molar-refractivity contribution in [3.8, 4) is 5.75 Å². The lowest BCUT2D eigenvalue weighted by atomic mass is 9.85. The molecule has 192 valence electrons. The zero-order valence-corrected chi connectivity index (χ0v) is 21.2. The van der Waals surface area contributed by atoms with Gasteiger partial charge in [0.15, 0.2) is 0 Å². The number of likely N-dealkylation sites (tertiary alicyclic amines) is 1. The van der Waals surface area contributed by atoms with Crippen LogP contribution in [0.15, 0.2) is 54.6 Å². The Morgan fingerprint density at radius 2 is 1.72 bits per heavy atom. The second-order valence-electron chi connectivity index (χ2n) is 9.55. The van der Waals surface area contributed by atoms with Gasteiger partial charge in [0.05, 0.1) is 20.2 Å². The van der Waals surface area contributed by atoms with Gasteiger partial charge in [0.25, 0.3) is 5.91 Å². The van der Waals surface area contributed by atoms with Gasteiger partial charge >= 0.3 is 0 Å². The fraction of sp³-hybridized carbons (Fsp3) is 0.464. The van der Waals surface area contributed by atoms with Crippen LogP contribution in [0.5, 0.6) is 5.75 Å². The Balaban J connectivity index is 1.45. The average Bonchev–Trinajstić information content (AvgIpc) is 3.16. The number of piperidine rings is 1. The number of benzene rings is 2. The summed E-state index contributed by atoms with van der Waals surface area (Å²) < 4.78 is 5.20. The summed E-state index contributed by atoms with van der Waals surface area (Å²) >= 11 is 0. The highest BCUT2D eigenvalue weighted by molar-refractivity contribution is 5.96. The second-order valence-corrected chi connectivity index (χ2v) is 9.55. The van der Waals surface area contributed by atoms with E-state index in [1.807, 2.05) is 59.5 Å². The highest BCUT2D eigenvalue weighted by Gasteiger charge is 2.54. The number of amides is 3. The summed E-state index contributed by atoms with van der Waals surface area (Å²) in [6.07, 6.45) is 3.30. The molecule has 3 amide bonds. The Morgan fingerprint density at radius 3 is 2.36 bits per heavy atom. The van der Waals surface area contributed by atoms with E-state index >= 15 is 0 Å². The van der Waals surface area contributed by atoms with Crippen molar-refractivity contribution in [2.75, 3.05) is 44.9 Å². The summed E-state index contributed by atoms with van der Waals surface area (Å²) in [5.74, 6) is 0.655. The fourth-order valence-corrected chi connectivity index (χ4v) is 5.11. The Morgan fingerprint density at radius 1 is 1.03 bits per heavy atom. The van der Waals surface area contributed by atoms with Crippen LogP contribution in [-0.4, -0.2) is 73.0 Å². The zero-order valence-electron chi connectivity index (χ0n) is 21.2. The van der Waals surface area contributed by atoms with Crippen molar-refractivity contribution in [1.82, 2.24) is 15.1 Å². The van der Waals surface area contributed by atoms with Crippen LogP contribution in [-0.2, 0) is 20.8 Å². The van der Waals surface area contributed by atoms with Gasteiger partial charge in [0, 0.05) is 25.3 Å². The summed E-state index contributed by atoms with van der Waals surface area (Å²) in [5, 5.41) is 2.92. The summed E-state index contributed by atoms with van der Waals surface area (Å²) in [6, 6.07) is 17.4. The molecule has 1 N–H and O–H groups in total. The number of nitrogens with one attached hydrogen (secondary N) is 1. The highest BCUT2D eigenvalue weighted by atomic mass is 16.5. The molecule has 2 aromatic carbocycles. The molecule has 0 atom stereocenters. The smallest absolute Gasteiger partial charge is 0.250 e. The largest absolute Gasteiger partial charge is 0.497 e. The zero-order chi connectivity index (χ0) is 25.5. The first-order valence-corrected chi connectivity index (χ1v) is 12.8. The number of hydrogen-bond donors (Lipinski definition) is 1. The molecule has 8 nitrogen and oxygen atoms in total. The third kappa shape index (κ3) is 5.48. The number of unbranched alkanes of at least 4 members (excludes halogenated alkanes) is 1. The quantitative estimate of drug-likeness (QED) is 0.545. The molecule has 2 aliphatic rings. The SMILES string of the molecule is CCCCNC(=O)CN1CN(c2ccccc2)C2(CCN(C(=O)Cc3ccc(OC)cc3)CC2)C1=O. The molecule has 0 radical (unpaired) electrons. The minimum atomic E-state index is -0.748. The van der Waals surface area contributed by atoms with Crippen LogP contribution in [0.3, 0.4) is 0 Å². The molecule has 8 heteroatoms. The number of hydrogen-bond acceptors (Lipinski definition) is 5. The minimum absolute atomic E-state index is 0.0285. The number of methoxy groups -OCH3 is 1. The maximum absolute atomic E-state index is 13.7. The predicted molar refractivity (Wildman–Crippen MR) is 139 cm³/mol. The maximum atomic E-state index is 13.7. The van der Waals surface area contributed by atoms with Gasteiger partial charge in [-0.15, -0.1) is 0 Å². The predicted octanol–water partition coefficient (Wildman–Crippen LogP) is 2.82. The van der Waals surface area contributed by atoms with Gasteiger partial charge in [-0.2, -0.15) is 0 Å². The summed E-state index contributed by atoms with van der Waals surface area (Å²) in [4.78, 5) is 44.9. The Hall–Kier alpha value is -3.55. The molecular formula is C28H36N4O4. The van der Waals surface area contributed by atoms with Crippen molar-refractivity contribution in [2.24, 2.45) is 0 Å². The van der Waals surface area contributed by atoms with E-state index in [1.54, 1.807) is 12.0 Å². The second kappa shape index (κ2) is 11.5. The molecule has 2 saturated heterocycles. The van der Waals surface area contributed by atoms with Crippen molar-refractivity contribution in [3.05, 3.63) is 60.2 Å². The van der Waals surface area contributed by atoms with Crippen LogP contribution in [0.25, 0.3) is 0 Å². The van der Waals surface area contributed by atoms with Crippen molar-refractivity contribution < 1.29 is 19.1 Å². The van der Waals surface area contributed by atoms with Crippen molar-refractivity contribution >= 4 is 23.4 Å². The Labute approximate surface area is 213 Å². The van der Waals surface area contributed by atoms with Crippen LogP contribution in [0, 0.1) is 0 Å². The number of para-hydroxylation sites is 1. The minimum Gasteiger partial charge on any atom is -0.497 e. The van der Waals surface area contributed by atoms with Crippen molar-refractivity contribution in [2.45, 2.75) is 44.6 Å². The first kappa shape index (κ1) is 25.5. The molecular weight excluding hydrogens is 456 g/mol. The molecule has 2 aliphatic heterocycles. The Bertz CT molecular complexity index is 1050. The molecule has 0 bridgehead atoms. The standard InChI is InChI=1S/C28H36N4O4/c1-3-4-16-29-25(33)20-31-21-32(23-8-6-5-7-9-23)28(27(31)35)14-17-30(18-15-28)26(34)19-22-10-12-24(36-2)13-11-22/h5-13H,3-4,14-21H2,1-2H3,(H,29,33). The molecule has 36 heavy (non-hydrogen) atoms. The van der Waals surface area contributed by atoms with E-state index in [-0.39, 0.29) is 24.3 Å². The van der Waals surface area contributed by atoms with Crippen LogP contribution in [0.4, 0.5) is 5.69 Å². The summed E-state index contributed by atoms with van der Waals surface area (Å²) in [5.41, 5.74) is 1.14. The number of carbonyl (C=O) groups excluding carboxylic acids is 3. The van der Waals surface area contributed by atoms with E-state index < -0.39 is 5.54 Å². The lowest BCUT2D eigenvalue weighted by molar-refractivity contribution is -0.139. The van der Waals surface area contributed by atoms with Crippen LogP contribution in [0.1, 0.15) is 38.2 Å². The van der Waals surface area contributed by atoms with Crippen LogP contribution < -0.4 is 15.0 Å². The Kier molecular flexibility index (Phi) is 8.13. The number of carbonyl (C=O) groups is 3. The van der Waals surface area contributed by atoms with E-state index in [2.05, 4.69) is 17.1 Å². The topological polar surface area (TPSA) is 82.2 Å². The number of nitrogens with zero attached hydrogens (tertiary/aromatic N) is 3. The average molecular weight is 493 g/mol. The highest BCUT2D eigenvalue weighted by Crippen LogP contribution is 2.39. The van der Waals surface area contributed by atoms with E-state index in [1.165, 1.54) is 0 Å². The van der Waals surface area contributed by atoms with Gasteiger partial charge < -0.3 is 24.8 Å². The third-order valence-electron chi connectivity index (χ3n) is 7.23. The molecule has 4 rings (SSSR count). The van der Waals surface area contributed by atoms with Gasteiger partial charge in [0.1, 0.15) is 17.8 Å². The molecule has 1 spiro atoms. The first-order valence-electron chi connectivity index (χ1n) is 12.8. The van der Waals surface area contributed by atoms with Gasteiger partial charge in [-0.25, -0.2) is 0 Å². The first-order chi connectivity index (χ1) is 17.5. The summed E-state index contributed by atoms with van der Waals surface area (Å²) in [6.45, 7) is 4.11. The van der Waals surface area contributed by atoms with Gasteiger partial charge in [0.2, 0.25) is 11.8 Å². The van der Waals surface area contributed by atoms with Gasteiger partial charge in [-0.05, 0) is 49.1 Å². The molecule has 0 aromatic heterocycles. The number of ether oxygens (including phenoxy) is 1. The van der Waals surface area contributed by atoms with E-state index in [0.717, 1.165) is 29.8 Å². The monoisotopic (exact) mass is 492 g/mol. The lowest BCUT2D eigenvalue weighted by Crippen LogP contribution is -2.57. The fourth-order valence-electron chi connectivity index (χ4n) is 5.11. The summed E-state index contributed by atoms with van der Waals surface area (Å²) in [7, 11) is 1.62. The molecule has 2 aromatic rings. The molecule has 0 unspecified atom stereocenters. The van der Waals surface area contributed by atoms with E-state index in [0.29, 0.717) is 45.6 Å². The number of rotatable bonds is 9.